The SMILES string of the molecule is CCN(C)C(C(=O)Nc1ccc2c(c1)nc(C1CC1)n2C)c1ccccc1. The second-order valence-corrected chi connectivity index (χ2v) is 7.38. The van der Waals surface area contributed by atoms with Crippen LogP contribution in [0.5, 0.6) is 0 Å². The van der Waals surface area contributed by atoms with Crippen LogP contribution in [-0.2, 0) is 11.8 Å². The van der Waals surface area contributed by atoms with Crippen molar-refractivity contribution in [2.45, 2.75) is 31.7 Å². The van der Waals surface area contributed by atoms with Crippen molar-refractivity contribution >= 4 is 22.6 Å². The van der Waals surface area contributed by atoms with E-state index < -0.39 is 0 Å². The molecule has 140 valence electrons. The number of benzene rings is 2. The average Bonchev–Trinajstić information content (AvgIpc) is 3.47. The van der Waals surface area contributed by atoms with Gasteiger partial charge in [-0.1, -0.05) is 37.3 Å². The number of nitrogens with one attached hydrogen (secondary N) is 1. The zero-order chi connectivity index (χ0) is 19.0. The van der Waals surface area contributed by atoms with Crippen molar-refractivity contribution in [3.05, 3.63) is 59.9 Å². The van der Waals surface area contributed by atoms with E-state index in [1.54, 1.807) is 0 Å². The van der Waals surface area contributed by atoms with Crippen molar-refractivity contribution in [2.75, 3.05) is 18.9 Å². The van der Waals surface area contributed by atoms with E-state index in [1.165, 1.54) is 12.8 Å². The Balaban J connectivity index is 1.60. The fraction of sp³-hybridized carbons (Fsp3) is 0.364. The summed E-state index contributed by atoms with van der Waals surface area (Å²) >= 11 is 0. The summed E-state index contributed by atoms with van der Waals surface area (Å²) in [5.41, 5.74) is 3.84. The Kier molecular flexibility index (Phi) is 4.70. The summed E-state index contributed by atoms with van der Waals surface area (Å²) in [4.78, 5) is 19.9. The van der Waals surface area contributed by atoms with E-state index in [4.69, 9.17) is 4.98 Å². The quantitative estimate of drug-likeness (QED) is 0.719. The van der Waals surface area contributed by atoms with E-state index in [1.807, 2.05) is 55.6 Å². The van der Waals surface area contributed by atoms with E-state index in [2.05, 4.69) is 28.8 Å². The topological polar surface area (TPSA) is 50.2 Å². The zero-order valence-corrected chi connectivity index (χ0v) is 16.1. The molecule has 4 rings (SSSR count). The Morgan fingerprint density at radius 1 is 1.26 bits per heavy atom. The van der Waals surface area contributed by atoms with Gasteiger partial charge in [-0.25, -0.2) is 4.98 Å². The summed E-state index contributed by atoms with van der Waals surface area (Å²) in [7, 11) is 4.05. The lowest BCUT2D eigenvalue weighted by molar-refractivity contribution is -0.121. The van der Waals surface area contributed by atoms with Gasteiger partial charge in [-0.05, 0) is 50.2 Å². The lowest BCUT2D eigenvalue weighted by Crippen LogP contribution is -2.34. The Morgan fingerprint density at radius 3 is 2.67 bits per heavy atom. The van der Waals surface area contributed by atoms with Gasteiger partial charge in [-0.2, -0.15) is 0 Å². The summed E-state index contributed by atoms with van der Waals surface area (Å²) in [6.07, 6.45) is 2.45. The van der Waals surface area contributed by atoms with Crippen LogP contribution in [0.2, 0.25) is 0 Å². The fourth-order valence-electron chi connectivity index (χ4n) is 3.64. The largest absolute Gasteiger partial charge is 0.331 e. The van der Waals surface area contributed by atoms with Gasteiger partial charge >= 0.3 is 0 Å². The summed E-state index contributed by atoms with van der Waals surface area (Å²) < 4.78 is 2.18. The monoisotopic (exact) mass is 362 g/mol. The number of rotatable bonds is 6. The van der Waals surface area contributed by atoms with Crippen LogP contribution >= 0.6 is 0 Å². The summed E-state index contributed by atoms with van der Waals surface area (Å²) in [5, 5.41) is 3.09. The first-order chi connectivity index (χ1) is 13.1. The lowest BCUT2D eigenvalue weighted by Gasteiger charge is -2.26. The molecule has 3 aromatic rings. The number of aromatic nitrogens is 2. The molecule has 2 aromatic carbocycles. The van der Waals surface area contributed by atoms with Crippen LogP contribution in [-0.4, -0.2) is 34.0 Å². The van der Waals surface area contributed by atoms with Crippen LogP contribution in [0.15, 0.2) is 48.5 Å². The van der Waals surface area contributed by atoms with Crippen LogP contribution < -0.4 is 5.32 Å². The van der Waals surface area contributed by atoms with Crippen molar-refractivity contribution in [2.24, 2.45) is 7.05 Å². The van der Waals surface area contributed by atoms with E-state index in [0.717, 1.165) is 34.7 Å². The van der Waals surface area contributed by atoms with E-state index >= 15 is 0 Å². The Morgan fingerprint density at radius 2 is 2.00 bits per heavy atom. The van der Waals surface area contributed by atoms with Gasteiger partial charge < -0.3 is 9.88 Å². The van der Waals surface area contributed by atoms with Crippen LogP contribution in [0.25, 0.3) is 11.0 Å². The van der Waals surface area contributed by atoms with Crippen LogP contribution in [0, 0.1) is 0 Å². The molecule has 0 saturated heterocycles. The van der Waals surface area contributed by atoms with Crippen molar-refractivity contribution in [1.29, 1.82) is 0 Å². The molecule has 27 heavy (non-hydrogen) atoms. The number of anilines is 1. The van der Waals surface area contributed by atoms with Crippen LogP contribution in [0.1, 0.15) is 43.1 Å². The van der Waals surface area contributed by atoms with Crippen molar-refractivity contribution in [3.63, 3.8) is 0 Å². The first-order valence-electron chi connectivity index (χ1n) is 9.61. The number of nitrogens with zero attached hydrogens (tertiary/aromatic N) is 3. The number of fused-ring (bicyclic) bond motifs is 1. The highest BCUT2D eigenvalue weighted by molar-refractivity contribution is 5.97. The molecule has 0 spiro atoms. The third-order valence-corrected chi connectivity index (χ3v) is 5.43. The number of hydrogen-bond donors (Lipinski definition) is 1. The minimum absolute atomic E-state index is 0.0248. The third-order valence-electron chi connectivity index (χ3n) is 5.43. The predicted molar refractivity (Wildman–Crippen MR) is 109 cm³/mol. The van der Waals surface area contributed by atoms with E-state index in [-0.39, 0.29) is 11.9 Å². The molecule has 5 heteroatoms. The number of carbonyl (C=O) groups is 1. The predicted octanol–water partition coefficient (Wildman–Crippen LogP) is 4.08. The normalized spacial score (nSPS) is 15.3. The number of aryl methyl sites for hydroxylation is 1. The van der Waals surface area contributed by atoms with Crippen LogP contribution in [0.3, 0.4) is 0 Å². The molecular formula is C22H26N4O. The molecule has 0 aliphatic heterocycles. The first-order valence-corrected chi connectivity index (χ1v) is 9.61. The number of carbonyl (C=O) groups excluding carboxylic acids is 1. The number of hydrogen-bond acceptors (Lipinski definition) is 3. The second-order valence-electron chi connectivity index (χ2n) is 7.38. The molecule has 1 atom stereocenters. The smallest absolute Gasteiger partial charge is 0.246 e. The minimum atomic E-state index is -0.322. The highest BCUT2D eigenvalue weighted by atomic mass is 16.2. The molecule has 0 bridgehead atoms. The standard InChI is InChI=1S/C22H26N4O/c1-4-25(2)20(15-8-6-5-7-9-15)22(27)23-17-12-13-19-18(14-17)24-21(26(19)3)16-10-11-16/h5-9,12-14,16,20H,4,10-11H2,1-3H3,(H,23,27). The maximum absolute atomic E-state index is 13.1. The highest BCUT2D eigenvalue weighted by Gasteiger charge is 2.29. The molecule has 5 nitrogen and oxygen atoms in total. The van der Waals surface area contributed by atoms with Gasteiger partial charge in [0, 0.05) is 18.7 Å². The summed E-state index contributed by atoms with van der Waals surface area (Å²) in [5.74, 6) is 1.73. The Labute approximate surface area is 160 Å². The molecule has 1 saturated carbocycles. The second kappa shape index (κ2) is 7.16. The number of imidazole rings is 1. The average molecular weight is 362 g/mol. The van der Waals surface area contributed by atoms with E-state index in [9.17, 15) is 4.79 Å². The van der Waals surface area contributed by atoms with Gasteiger partial charge in [0.2, 0.25) is 5.91 Å². The van der Waals surface area contributed by atoms with Crippen molar-refractivity contribution in [1.82, 2.24) is 14.5 Å². The molecule has 1 heterocycles. The third kappa shape index (κ3) is 3.47. The molecule has 1 aromatic heterocycles. The fourth-order valence-corrected chi connectivity index (χ4v) is 3.64. The molecule has 1 aliphatic rings. The molecule has 1 unspecified atom stereocenters. The van der Waals surface area contributed by atoms with Crippen molar-refractivity contribution in [3.8, 4) is 0 Å². The molecule has 1 fully saturated rings. The molecule has 1 aliphatic carbocycles. The molecule has 0 radical (unpaired) electrons. The van der Waals surface area contributed by atoms with Gasteiger partial charge in [0.25, 0.3) is 0 Å². The maximum atomic E-state index is 13.1. The van der Waals surface area contributed by atoms with Gasteiger partial charge in [0.1, 0.15) is 11.9 Å². The van der Waals surface area contributed by atoms with Crippen molar-refractivity contribution < 1.29 is 4.79 Å². The highest BCUT2D eigenvalue weighted by Crippen LogP contribution is 2.40. The molecule has 1 amide bonds. The number of amides is 1. The lowest BCUT2D eigenvalue weighted by atomic mass is 10.0. The molecule has 1 N–H and O–H groups in total. The van der Waals surface area contributed by atoms with Gasteiger partial charge in [0.15, 0.2) is 0 Å². The molecular weight excluding hydrogens is 336 g/mol. The summed E-state index contributed by atoms with van der Waals surface area (Å²) in [6, 6.07) is 15.6. The maximum Gasteiger partial charge on any atom is 0.246 e. The zero-order valence-electron chi connectivity index (χ0n) is 16.1. The first kappa shape index (κ1) is 17.7. The summed E-state index contributed by atoms with van der Waals surface area (Å²) in [6.45, 7) is 2.85. The van der Waals surface area contributed by atoms with E-state index in [0.29, 0.717) is 5.92 Å². The minimum Gasteiger partial charge on any atom is -0.331 e. The Bertz CT molecular complexity index is 959. The van der Waals surface area contributed by atoms with Gasteiger partial charge in [-0.15, -0.1) is 0 Å². The number of likely N-dealkylation sites (N-methyl/N-ethyl adjacent to an activating group) is 1. The van der Waals surface area contributed by atoms with Gasteiger partial charge in [0.05, 0.1) is 11.0 Å². The van der Waals surface area contributed by atoms with Gasteiger partial charge in [-0.3, -0.25) is 9.69 Å². The van der Waals surface area contributed by atoms with Crippen LogP contribution in [0.4, 0.5) is 5.69 Å². The Hall–Kier alpha value is -2.66.